The van der Waals surface area contributed by atoms with Crippen molar-refractivity contribution in [3.8, 4) is 5.75 Å². The van der Waals surface area contributed by atoms with Crippen LogP contribution in [0, 0.1) is 13.8 Å². The monoisotopic (exact) mass is 291 g/mol. The van der Waals surface area contributed by atoms with E-state index in [4.69, 9.17) is 4.74 Å². The third-order valence-corrected chi connectivity index (χ3v) is 3.89. The fraction of sp³-hybridized carbons (Fsp3) is 0.562. The second-order valence-corrected chi connectivity index (χ2v) is 5.46. The number of benzene rings is 1. The molecule has 2 rings (SSSR count). The van der Waals surface area contributed by atoms with Crippen LogP contribution in [-0.2, 0) is 0 Å². The fourth-order valence-electron chi connectivity index (χ4n) is 2.52. The zero-order valence-electron chi connectivity index (χ0n) is 13.2. The van der Waals surface area contributed by atoms with Crippen LogP contribution in [0.15, 0.2) is 18.2 Å². The summed E-state index contributed by atoms with van der Waals surface area (Å²) in [6.07, 6.45) is 0. The minimum Gasteiger partial charge on any atom is -0.473 e. The van der Waals surface area contributed by atoms with Gasteiger partial charge in [-0.3, -0.25) is 0 Å². The van der Waals surface area contributed by atoms with Crippen LogP contribution in [0.5, 0.6) is 5.75 Å². The Morgan fingerprint density at radius 1 is 1.24 bits per heavy atom. The highest BCUT2D eigenvalue weighted by atomic mass is 16.5. The summed E-state index contributed by atoms with van der Waals surface area (Å²) in [7, 11) is 0. The van der Waals surface area contributed by atoms with Crippen LogP contribution in [0.4, 0.5) is 4.79 Å². The molecule has 0 bridgehead atoms. The van der Waals surface area contributed by atoms with E-state index in [1.54, 1.807) is 0 Å². The van der Waals surface area contributed by atoms with Crippen LogP contribution < -0.4 is 10.1 Å². The minimum absolute atomic E-state index is 0.0458. The van der Waals surface area contributed by atoms with E-state index < -0.39 is 0 Å². The van der Waals surface area contributed by atoms with Crippen LogP contribution >= 0.6 is 0 Å². The maximum absolute atomic E-state index is 12.0. The second-order valence-electron chi connectivity index (χ2n) is 5.46. The predicted molar refractivity (Wildman–Crippen MR) is 83.6 cm³/mol. The van der Waals surface area contributed by atoms with Gasteiger partial charge in [0.1, 0.15) is 5.75 Å². The Kier molecular flexibility index (Phi) is 5.44. The summed E-state index contributed by atoms with van der Waals surface area (Å²) in [5.41, 5.74) is 2.29. The van der Waals surface area contributed by atoms with Gasteiger partial charge in [-0.2, -0.15) is 0 Å². The van der Waals surface area contributed by atoms with Gasteiger partial charge in [-0.05, 0) is 32.0 Å². The van der Waals surface area contributed by atoms with Crippen LogP contribution in [-0.4, -0.2) is 55.3 Å². The molecule has 1 heterocycles. The van der Waals surface area contributed by atoms with Crippen molar-refractivity contribution in [2.75, 3.05) is 39.5 Å². The SMILES string of the molecule is CCN1CCN(C(=O)NCOc2ccc(C)cc2C)CC1. The number of carbonyl (C=O) groups excluding carboxylic acids is 1. The van der Waals surface area contributed by atoms with Crippen LogP contribution in [0.2, 0.25) is 0 Å². The third kappa shape index (κ3) is 4.36. The van der Waals surface area contributed by atoms with E-state index in [0.717, 1.165) is 44.0 Å². The molecule has 5 heteroatoms. The molecule has 0 aromatic heterocycles. The molecule has 1 aliphatic rings. The summed E-state index contributed by atoms with van der Waals surface area (Å²) in [5.74, 6) is 0.816. The average Bonchev–Trinajstić information content (AvgIpc) is 2.49. The summed E-state index contributed by atoms with van der Waals surface area (Å²) in [5, 5.41) is 2.82. The Balaban J connectivity index is 1.74. The van der Waals surface area contributed by atoms with E-state index in [0.29, 0.717) is 0 Å². The number of hydrogen-bond donors (Lipinski definition) is 1. The van der Waals surface area contributed by atoms with E-state index >= 15 is 0 Å². The summed E-state index contributed by atoms with van der Waals surface area (Å²) < 4.78 is 5.63. The number of ether oxygens (including phenoxy) is 1. The largest absolute Gasteiger partial charge is 0.473 e. The highest BCUT2D eigenvalue weighted by Crippen LogP contribution is 2.18. The molecule has 5 nitrogen and oxygen atoms in total. The van der Waals surface area contributed by atoms with E-state index in [2.05, 4.69) is 30.1 Å². The molecule has 1 saturated heterocycles. The Labute approximate surface area is 126 Å². The number of amides is 2. The molecule has 0 unspecified atom stereocenters. The standard InChI is InChI=1S/C16H25N3O2/c1-4-18-7-9-19(10-8-18)16(20)17-12-21-15-6-5-13(2)11-14(15)3/h5-6,11H,4,7-10,12H2,1-3H3,(H,17,20). The van der Waals surface area contributed by atoms with Crippen molar-refractivity contribution in [1.82, 2.24) is 15.1 Å². The normalized spacial score (nSPS) is 15.9. The fourth-order valence-corrected chi connectivity index (χ4v) is 2.52. The van der Waals surface area contributed by atoms with Crippen LogP contribution in [0.1, 0.15) is 18.1 Å². The lowest BCUT2D eigenvalue weighted by atomic mass is 10.1. The van der Waals surface area contributed by atoms with Gasteiger partial charge in [0.15, 0.2) is 6.73 Å². The Bertz CT molecular complexity index is 482. The number of likely N-dealkylation sites (N-methyl/N-ethyl adjacent to an activating group) is 1. The van der Waals surface area contributed by atoms with E-state index in [1.165, 1.54) is 5.56 Å². The van der Waals surface area contributed by atoms with Crippen molar-refractivity contribution in [3.05, 3.63) is 29.3 Å². The molecule has 0 atom stereocenters. The van der Waals surface area contributed by atoms with E-state index in [1.807, 2.05) is 24.0 Å². The molecule has 0 radical (unpaired) electrons. The molecule has 1 aromatic rings. The Hall–Kier alpha value is -1.75. The first kappa shape index (κ1) is 15.6. The number of rotatable bonds is 4. The van der Waals surface area contributed by atoms with Gasteiger partial charge in [-0.25, -0.2) is 4.79 Å². The van der Waals surface area contributed by atoms with E-state index in [9.17, 15) is 4.79 Å². The van der Waals surface area contributed by atoms with Gasteiger partial charge >= 0.3 is 6.03 Å². The van der Waals surface area contributed by atoms with Gasteiger partial charge in [-0.1, -0.05) is 24.6 Å². The maximum Gasteiger partial charge on any atom is 0.320 e. The zero-order chi connectivity index (χ0) is 15.2. The van der Waals surface area contributed by atoms with Crippen molar-refractivity contribution >= 4 is 6.03 Å². The smallest absolute Gasteiger partial charge is 0.320 e. The number of urea groups is 1. The quantitative estimate of drug-likeness (QED) is 0.863. The predicted octanol–water partition coefficient (Wildman–Crippen LogP) is 1.99. The Morgan fingerprint density at radius 3 is 2.57 bits per heavy atom. The lowest BCUT2D eigenvalue weighted by molar-refractivity contribution is 0.137. The molecule has 1 aliphatic heterocycles. The van der Waals surface area contributed by atoms with Crippen molar-refractivity contribution in [2.24, 2.45) is 0 Å². The molecule has 1 N–H and O–H groups in total. The van der Waals surface area contributed by atoms with Gasteiger partial charge in [0.2, 0.25) is 0 Å². The molecule has 0 spiro atoms. The molecular weight excluding hydrogens is 266 g/mol. The van der Waals surface area contributed by atoms with Crippen molar-refractivity contribution < 1.29 is 9.53 Å². The molecule has 0 saturated carbocycles. The second kappa shape index (κ2) is 7.31. The number of aryl methyl sites for hydroxylation is 2. The zero-order valence-corrected chi connectivity index (χ0v) is 13.2. The van der Waals surface area contributed by atoms with Crippen molar-refractivity contribution in [1.29, 1.82) is 0 Å². The lowest BCUT2D eigenvalue weighted by Crippen LogP contribution is -2.52. The van der Waals surface area contributed by atoms with Gasteiger partial charge in [0, 0.05) is 26.2 Å². The minimum atomic E-state index is -0.0458. The number of nitrogens with one attached hydrogen (secondary N) is 1. The number of piperazine rings is 1. The molecule has 1 fully saturated rings. The van der Waals surface area contributed by atoms with Gasteiger partial charge in [-0.15, -0.1) is 0 Å². The summed E-state index contributed by atoms with van der Waals surface area (Å²) in [4.78, 5) is 16.2. The molecule has 21 heavy (non-hydrogen) atoms. The number of carbonyl (C=O) groups is 1. The topological polar surface area (TPSA) is 44.8 Å². The number of nitrogens with zero attached hydrogens (tertiary/aromatic N) is 2. The molecule has 2 amide bonds. The highest BCUT2D eigenvalue weighted by Gasteiger charge is 2.19. The molecule has 0 aliphatic carbocycles. The van der Waals surface area contributed by atoms with Crippen molar-refractivity contribution in [2.45, 2.75) is 20.8 Å². The van der Waals surface area contributed by atoms with E-state index in [-0.39, 0.29) is 12.8 Å². The third-order valence-electron chi connectivity index (χ3n) is 3.89. The van der Waals surface area contributed by atoms with Gasteiger partial charge in [0.25, 0.3) is 0 Å². The van der Waals surface area contributed by atoms with Gasteiger partial charge < -0.3 is 19.9 Å². The first-order chi connectivity index (χ1) is 10.1. The van der Waals surface area contributed by atoms with Crippen LogP contribution in [0.25, 0.3) is 0 Å². The highest BCUT2D eigenvalue weighted by molar-refractivity contribution is 5.74. The average molecular weight is 291 g/mol. The Morgan fingerprint density at radius 2 is 1.95 bits per heavy atom. The molecule has 116 valence electrons. The summed E-state index contributed by atoms with van der Waals surface area (Å²) in [6.45, 7) is 10.9. The molecular formula is C16H25N3O2. The number of hydrogen-bond acceptors (Lipinski definition) is 3. The first-order valence-corrected chi connectivity index (χ1v) is 7.55. The van der Waals surface area contributed by atoms with Crippen LogP contribution in [0.3, 0.4) is 0 Å². The summed E-state index contributed by atoms with van der Waals surface area (Å²) in [6, 6.07) is 5.97. The summed E-state index contributed by atoms with van der Waals surface area (Å²) >= 11 is 0. The first-order valence-electron chi connectivity index (χ1n) is 7.55. The molecule has 1 aromatic carbocycles. The van der Waals surface area contributed by atoms with Gasteiger partial charge in [0.05, 0.1) is 0 Å². The lowest BCUT2D eigenvalue weighted by Gasteiger charge is -2.33. The van der Waals surface area contributed by atoms with Crippen molar-refractivity contribution in [3.63, 3.8) is 0 Å². The maximum atomic E-state index is 12.0.